The molecule has 0 aromatic heterocycles. The second-order valence-electron chi connectivity index (χ2n) is 4.97. The maximum absolute atomic E-state index is 12.9. The predicted octanol–water partition coefficient (Wildman–Crippen LogP) is 0.898. The normalized spacial score (nSPS) is 21.6. The molecule has 1 aliphatic carbocycles. The summed E-state index contributed by atoms with van der Waals surface area (Å²) in [6, 6.07) is 0. The Kier molecular flexibility index (Phi) is 5.95. The van der Waals surface area contributed by atoms with Crippen LogP contribution in [0.15, 0.2) is 0 Å². The monoisotopic (exact) mass is 264 g/mol. The minimum atomic E-state index is -2.59. The summed E-state index contributed by atoms with van der Waals surface area (Å²) >= 11 is 0. The summed E-state index contributed by atoms with van der Waals surface area (Å²) in [6.07, 6.45) is -0.266. The molecule has 18 heavy (non-hydrogen) atoms. The van der Waals surface area contributed by atoms with Crippen molar-refractivity contribution < 1.29 is 18.7 Å². The zero-order valence-electron chi connectivity index (χ0n) is 10.7. The van der Waals surface area contributed by atoms with Crippen molar-refractivity contribution in [2.24, 2.45) is 5.92 Å². The van der Waals surface area contributed by atoms with Gasteiger partial charge in [-0.1, -0.05) is 0 Å². The highest BCUT2D eigenvalue weighted by Gasteiger charge is 2.37. The van der Waals surface area contributed by atoms with Gasteiger partial charge >= 0.3 is 0 Å². The van der Waals surface area contributed by atoms with Gasteiger partial charge in [-0.2, -0.15) is 0 Å². The molecule has 0 spiro atoms. The summed E-state index contributed by atoms with van der Waals surface area (Å²) in [4.78, 5) is 11.7. The highest BCUT2D eigenvalue weighted by molar-refractivity contribution is 5.78. The number of alkyl halides is 2. The lowest BCUT2D eigenvalue weighted by atomic mass is 9.86. The average Bonchev–Trinajstić information content (AvgIpc) is 2.27. The van der Waals surface area contributed by atoms with Crippen LogP contribution < -0.4 is 10.6 Å². The molecule has 3 N–H and O–H groups in total. The number of hydrogen-bond acceptors (Lipinski definition) is 3. The first-order chi connectivity index (χ1) is 8.41. The summed E-state index contributed by atoms with van der Waals surface area (Å²) < 4.78 is 25.8. The second-order valence-corrected chi connectivity index (χ2v) is 4.97. The van der Waals surface area contributed by atoms with Crippen molar-refractivity contribution in [2.75, 3.05) is 19.6 Å². The maximum Gasteiger partial charge on any atom is 0.248 e. The zero-order chi connectivity index (χ0) is 13.6. The Hall–Kier alpha value is -0.750. The van der Waals surface area contributed by atoms with Crippen LogP contribution in [0.5, 0.6) is 0 Å². The molecule has 0 aliphatic heterocycles. The third kappa shape index (κ3) is 5.73. The van der Waals surface area contributed by atoms with Crippen LogP contribution in [-0.2, 0) is 4.79 Å². The van der Waals surface area contributed by atoms with E-state index in [4.69, 9.17) is 5.11 Å². The summed E-state index contributed by atoms with van der Waals surface area (Å²) in [5, 5.41) is 14.7. The lowest BCUT2D eigenvalue weighted by Gasteiger charge is -2.27. The fourth-order valence-corrected chi connectivity index (χ4v) is 2.03. The molecule has 106 valence electrons. The van der Waals surface area contributed by atoms with Crippen molar-refractivity contribution in [3.63, 3.8) is 0 Å². The van der Waals surface area contributed by atoms with Gasteiger partial charge in [0, 0.05) is 38.4 Å². The number of halogens is 2. The van der Waals surface area contributed by atoms with E-state index in [0.717, 1.165) is 0 Å². The number of amides is 1. The maximum atomic E-state index is 12.9. The zero-order valence-corrected chi connectivity index (χ0v) is 10.7. The Labute approximate surface area is 106 Å². The van der Waals surface area contributed by atoms with E-state index in [9.17, 15) is 13.6 Å². The average molecular weight is 264 g/mol. The molecule has 0 saturated heterocycles. The van der Waals surface area contributed by atoms with Crippen LogP contribution in [0.3, 0.4) is 0 Å². The molecular formula is C12H22F2N2O2. The summed E-state index contributed by atoms with van der Waals surface area (Å²) in [7, 11) is 0. The molecule has 0 bridgehead atoms. The van der Waals surface area contributed by atoms with Gasteiger partial charge in [0.2, 0.25) is 11.8 Å². The van der Waals surface area contributed by atoms with Crippen LogP contribution in [0, 0.1) is 5.92 Å². The fraction of sp³-hybridized carbons (Fsp3) is 0.917. The molecular weight excluding hydrogens is 242 g/mol. The van der Waals surface area contributed by atoms with E-state index in [2.05, 4.69) is 10.6 Å². The lowest BCUT2D eigenvalue weighted by molar-refractivity contribution is -0.129. The number of aliphatic hydroxyl groups excluding tert-OH is 1. The van der Waals surface area contributed by atoms with E-state index >= 15 is 0 Å². The summed E-state index contributed by atoms with van der Waals surface area (Å²) in [5.41, 5.74) is 0. The van der Waals surface area contributed by atoms with E-state index in [1.807, 2.05) is 0 Å². The smallest absolute Gasteiger partial charge is 0.248 e. The molecule has 1 atom stereocenters. The number of nitrogens with one attached hydrogen (secondary N) is 2. The van der Waals surface area contributed by atoms with Gasteiger partial charge in [-0.15, -0.1) is 0 Å². The molecule has 1 rings (SSSR count). The van der Waals surface area contributed by atoms with Crippen molar-refractivity contribution in [3.05, 3.63) is 0 Å². The first-order valence-corrected chi connectivity index (χ1v) is 6.45. The van der Waals surface area contributed by atoms with Crippen molar-refractivity contribution in [3.8, 4) is 0 Å². The van der Waals surface area contributed by atoms with Crippen molar-refractivity contribution >= 4 is 5.91 Å². The molecule has 0 radical (unpaired) electrons. The topological polar surface area (TPSA) is 61.4 Å². The van der Waals surface area contributed by atoms with Gasteiger partial charge in [0.1, 0.15) is 0 Å². The highest BCUT2D eigenvalue weighted by Crippen LogP contribution is 2.35. The second kappa shape index (κ2) is 6.99. The number of carbonyl (C=O) groups is 1. The first-order valence-electron chi connectivity index (χ1n) is 6.45. The van der Waals surface area contributed by atoms with Crippen LogP contribution in [0.4, 0.5) is 8.78 Å². The first kappa shape index (κ1) is 15.3. The molecule has 1 saturated carbocycles. The van der Waals surface area contributed by atoms with Crippen LogP contribution >= 0.6 is 0 Å². The molecule has 4 nitrogen and oxygen atoms in total. The molecule has 0 aromatic rings. The summed E-state index contributed by atoms with van der Waals surface area (Å²) in [6.45, 7) is 3.18. The van der Waals surface area contributed by atoms with E-state index in [0.29, 0.717) is 19.6 Å². The third-order valence-corrected chi connectivity index (χ3v) is 3.13. The molecule has 1 unspecified atom stereocenters. The van der Waals surface area contributed by atoms with E-state index in [1.165, 1.54) is 0 Å². The number of carbonyl (C=O) groups excluding carboxylic acids is 1. The minimum Gasteiger partial charge on any atom is -0.392 e. The van der Waals surface area contributed by atoms with Crippen LogP contribution in [0.25, 0.3) is 0 Å². The number of aliphatic hydroxyl groups is 1. The van der Waals surface area contributed by atoms with Crippen LogP contribution in [0.1, 0.15) is 32.6 Å². The van der Waals surface area contributed by atoms with Gasteiger partial charge in [-0.25, -0.2) is 8.78 Å². The third-order valence-electron chi connectivity index (χ3n) is 3.13. The predicted molar refractivity (Wildman–Crippen MR) is 64.5 cm³/mol. The quantitative estimate of drug-likeness (QED) is 0.625. The molecule has 1 amide bonds. The van der Waals surface area contributed by atoms with Gasteiger partial charge in [0.25, 0.3) is 0 Å². The van der Waals surface area contributed by atoms with Crippen molar-refractivity contribution in [1.82, 2.24) is 10.6 Å². The standard InChI is InChI=1S/C12H22F2N2O2/c1-9(17)8-15-6-7-16-11(18)10-2-4-12(13,14)5-3-10/h9-10,15,17H,2-8H2,1H3,(H,16,18). The molecule has 0 aromatic carbocycles. The van der Waals surface area contributed by atoms with E-state index in [-0.39, 0.29) is 37.5 Å². The fourth-order valence-electron chi connectivity index (χ4n) is 2.03. The van der Waals surface area contributed by atoms with Gasteiger partial charge in [-0.3, -0.25) is 4.79 Å². The van der Waals surface area contributed by atoms with Gasteiger partial charge in [-0.05, 0) is 19.8 Å². The Morgan fingerprint density at radius 2 is 2.00 bits per heavy atom. The molecule has 0 heterocycles. The van der Waals surface area contributed by atoms with E-state index in [1.54, 1.807) is 6.92 Å². The Morgan fingerprint density at radius 1 is 1.39 bits per heavy atom. The van der Waals surface area contributed by atoms with Crippen molar-refractivity contribution in [2.45, 2.75) is 44.6 Å². The Bertz CT molecular complexity index is 263. The Morgan fingerprint density at radius 3 is 2.56 bits per heavy atom. The summed E-state index contributed by atoms with van der Waals surface area (Å²) in [5.74, 6) is -3.00. The number of rotatable bonds is 6. The minimum absolute atomic E-state index is 0.135. The molecule has 1 fully saturated rings. The highest BCUT2D eigenvalue weighted by atomic mass is 19.3. The van der Waals surface area contributed by atoms with E-state index < -0.39 is 12.0 Å². The largest absolute Gasteiger partial charge is 0.392 e. The lowest BCUT2D eigenvalue weighted by Crippen LogP contribution is -2.39. The van der Waals surface area contributed by atoms with Gasteiger partial charge in [0.05, 0.1) is 6.10 Å². The van der Waals surface area contributed by atoms with Crippen LogP contribution in [0.2, 0.25) is 0 Å². The SMILES string of the molecule is CC(O)CNCCNC(=O)C1CCC(F)(F)CC1. The van der Waals surface area contributed by atoms with Gasteiger partial charge < -0.3 is 15.7 Å². The molecule has 1 aliphatic rings. The van der Waals surface area contributed by atoms with Gasteiger partial charge in [0.15, 0.2) is 0 Å². The number of hydrogen-bond donors (Lipinski definition) is 3. The Balaban J connectivity index is 2.10. The molecule has 6 heteroatoms. The van der Waals surface area contributed by atoms with Crippen molar-refractivity contribution in [1.29, 1.82) is 0 Å². The van der Waals surface area contributed by atoms with Crippen LogP contribution in [-0.4, -0.2) is 42.7 Å².